The molecule has 1 aliphatic heterocycles. The number of aromatic nitrogens is 2. The molecule has 4 rings (SSSR count). The summed E-state index contributed by atoms with van der Waals surface area (Å²) in [5.41, 5.74) is 2.04. The first-order chi connectivity index (χ1) is 12.6. The van der Waals surface area contributed by atoms with E-state index < -0.39 is 0 Å². The molecule has 4 nitrogen and oxygen atoms in total. The maximum Gasteiger partial charge on any atom is 0.130 e. The summed E-state index contributed by atoms with van der Waals surface area (Å²) >= 11 is 0. The fourth-order valence-electron chi connectivity index (χ4n) is 5.55. The molecule has 1 spiro atoms. The van der Waals surface area contributed by atoms with Crippen LogP contribution in [0.1, 0.15) is 82.5 Å². The van der Waals surface area contributed by atoms with Crippen molar-refractivity contribution in [3.8, 4) is 0 Å². The van der Waals surface area contributed by atoms with Crippen molar-refractivity contribution in [3.63, 3.8) is 0 Å². The number of likely N-dealkylation sites (tertiary alicyclic amines) is 1. The maximum atomic E-state index is 5.60. The van der Waals surface area contributed by atoms with Crippen molar-refractivity contribution in [1.29, 1.82) is 0 Å². The average Bonchev–Trinajstić information content (AvgIpc) is 2.59. The minimum atomic E-state index is 0.413. The van der Waals surface area contributed by atoms with Crippen molar-refractivity contribution in [3.05, 3.63) is 23.8 Å². The number of hydrogen-bond acceptors (Lipinski definition) is 4. The largest absolute Gasteiger partial charge is 0.381 e. The number of rotatable bonds is 6. The number of ether oxygens (including phenoxy) is 1. The van der Waals surface area contributed by atoms with Gasteiger partial charge in [-0.15, -0.1) is 0 Å². The Morgan fingerprint density at radius 3 is 2.35 bits per heavy atom. The molecule has 0 atom stereocenters. The van der Waals surface area contributed by atoms with Gasteiger partial charge in [0.25, 0.3) is 0 Å². The van der Waals surface area contributed by atoms with E-state index in [1.165, 1.54) is 57.2 Å². The first-order valence-corrected chi connectivity index (χ1v) is 10.7. The fraction of sp³-hybridized carbons (Fsp3) is 0.818. The van der Waals surface area contributed by atoms with E-state index in [0.29, 0.717) is 17.3 Å². The van der Waals surface area contributed by atoms with E-state index in [4.69, 9.17) is 4.74 Å². The predicted molar refractivity (Wildman–Crippen MR) is 104 cm³/mol. The Kier molecular flexibility index (Phi) is 5.34. The summed E-state index contributed by atoms with van der Waals surface area (Å²) in [4.78, 5) is 11.9. The summed E-state index contributed by atoms with van der Waals surface area (Å²) in [6, 6.07) is 0.851. The van der Waals surface area contributed by atoms with E-state index >= 15 is 0 Å². The zero-order valence-electron chi connectivity index (χ0n) is 16.8. The van der Waals surface area contributed by atoms with Crippen LogP contribution in [0, 0.1) is 11.3 Å². The zero-order chi connectivity index (χ0) is 18.1. The molecule has 0 bridgehead atoms. The van der Waals surface area contributed by atoms with Crippen LogP contribution < -0.4 is 0 Å². The van der Waals surface area contributed by atoms with Gasteiger partial charge in [0.15, 0.2) is 0 Å². The Morgan fingerprint density at radius 2 is 1.77 bits per heavy atom. The van der Waals surface area contributed by atoms with Gasteiger partial charge in [-0.3, -0.25) is 0 Å². The standard InChI is InChI=1S/C22H35N3O/c1-4-26-15-17-9-22(10-17)11-20(12-22)25-7-5-18(6-8-25)19-13-23-21(16(2)3)24-14-19/h13-14,16-18,20H,4-12,15H2,1-3H3. The number of hydrogen-bond donors (Lipinski definition) is 0. The van der Waals surface area contributed by atoms with Gasteiger partial charge in [0, 0.05) is 37.6 Å². The molecule has 4 heteroatoms. The molecule has 0 N–H and O–H groups in total. The minimum Gasteiger partial charge on any atom is -0.381 e. The molecular formula is C22H35N3O. The Labute approximate surface area is 158 Å². The van der Waals surface area contributed by atoms with E-state index in [2.05, 4.69) is 48.0 Å². The lowest BCUT2D eigenvalue weighted by Gasteiger charge is -2.60. The highest BCUT2D eigenvalue weighted by Gasteiger charge is 2.54. The molecule has 3 fully saturated rings. The van der Waals surface area contributed by atoms with Gasteiger partial charge in [0.2, 0.25) is 0 Å². The van der Waals surface area contributed by atoms with Gasteiger partial charge < -0.3 is 9.64 Å². The van der Waals surface area contributed by atoms with Crippen molar-refractivity contribution >= 4 is 0 Å². The van der Waals surface area contributed by atoms with Gasteiger partial charge in [0.1, 0.15) is 5.82 Å². The second-order valence-corrected chi connectivity index (χ2v) is 9.34. The van der Waals surface area contributed by atoms with Crippen molar-refractivity contribution < 1.29 is 4.74 Å². The van der Waals surface area contributed by atoms with Gasteiger partial charge in [-0.1, -0.05) is 13.8 Å². The lowest BCUT2D eigenvalue weighted by atomic mass is 9.50. The highest BCUT2D eigenvalue weighted by molar-refractivity contribution is 5.14. The molecule has 0 unspecified atom stereocenters. The second kappa shape index (κ2) is 7.55. The summed E-state index contributed by atoms with van der Waals surface area (Å²) in [6.07, 6.45) is 12.4. The molecule has 0 amide bonds. The summed E-state index contributed by atoms with van der Waals surface area (Å²) in [5, 5.41) is 0. The molecule has 2 heterocycles. The summed E-state index contributed by atoms with van der Waals surface area (Å²) < 4.78 is 5.60. The van der Waals surface area contributed by atoms with Crippen LogP contribution in [-0.4, -0.2) is 47.2 Å². The third-order valence-electron chi connectivity index (χ3n) is 7.06. The van der Waals surface area contributed by atoms with E-state index in [1.807, 2.05) is 0 Å². The first-order valence-electron chi connectivity index (χ1n) is 10.7. The molecule has 2 aliphatic carbocycles. The molecule has 1 aromatic heterocycles. The molecule has 0 radical (unpaired) electrons. The Hall–Kier alpha value is -1.00. The second-order valence-electron chi connectivity index (χ2n) is 9.34. The average molecular weight is 358 g/mol. The van der Waals surface area contributed by atoms with E-state index in [0.717, 1.165) is 31.0 Å². The van der Waals surface area contributed by atoms with Crippen LogP contribution in [0.3, 0.4) is 0 Å². The zero-order valence-corrected chi connectivity index (χ0v) is 16.8. The molecule has 144 valence electrons. The van der Waals surface area contributed by atoms with Gasteiger partial charge in [-0.2, -0.15) is 0 Å². The van der Waals surface area contributed by atoms with E-state index in [1.54, 1.807) is 0 Å². The predicted octanol–water partition coefficient (Wildman–Crippen LogP) is 4.37. The fourth-order valence-corrected chi connectivity index (χ4v) is 5.55. The van der Waals surface area contributed by atoms with Crippen LogP contribution in [0.5, 0.6) is 0 Å². The minimum absolute atomic E-state index is 0.413. The van der Waals surface area contributed by atoms with E-state index in [9.17, 15) is 0 Å². The molecular weight excluding hydrogens is 322 g/mol. The molecule has 26 heavy (non-hydrogen) atoms. The monoisotopic (exact) mass is 357 g/mol. The SMILES string of the molecule is CCOCC1CC2(C1)CC(N1CCC(c3cnc(C(C)C)nc3)CC1)C2. The summed E-state index contributed by atoms with van der Waals surface area (Å²) in [6.45, 7) is 10.8. The van der Waals surface area contributed by atoms with Crippen LogP contribution in [0.4, 0.5) is 0 Å². The van der Waals surface area contributed by atoms with Crippen molar-refractivity contribution in [2.75, 3.05) is 26.3 Å². The normalized spacial score (nSPS) is 32.6. The van der Waals surface area contributed by atoms with Gasteiger partial charge >= 0.3 is 0 Å². The van der Waals surface area contributed by atoms with Gasteiger partial charge in [0.05, 0.1) is 0 Å². The third kappa shape index (κ3) is 3.68. The van der Waals surface area contributed by atoms with Crippen LogP contribution in [0.15, 0.2) is 12.4 Å². The molecule has 0 aromatic carbocycles. The van der Waals surface area contributed by atoms with Crippen molar-refractivity contribution in [1.82, 2.24) is 14.9 Å². The lowest BCUT2D eigenvalue weighted by Crippen LogP contribution is -2.58. The topological polar surface area (TPSA) is 38.2 Å². The smallest absolute Gasteiger partial charge is 0.130 e. The molecule has 1 saturated heterocycles. The Balaban J connectivity index is 1.20. The lowest BCUT2D eigenvalue weighted by molar-refractivity contribution is -0.110. The van der Waals surface area contributed by atoms with Gasteiger partial charge in [-0.25, -0.2) is 9.97 Å². The molecule has 1 aromatic rings. The molecule has 3 aliphatic rings. The number of piperidine rings is 1. The maximum absolute atomic E-state index is 5.60. The Morgan fingerprint density at radius 1 is 1.12 bits per heavy atom. The van der Waals surface area contributed by atoms with Gasteiger partial charge in [-0.05, 0) is 81.4 Å². The highest BCUT2D eigenvalue weighted by Crippen LogP contribution is 2.60. The van der Waals surface area contributed by atoms with Crippen molar-refractivity contribution in [2.24, 2.45) is 11.3 Å². The molecule has 2 saturated carbocycles. The number of nitrogens with zero attached hydrogens (tertiary/aromatic N) is 3. The van der Waals surface area contributed by atoms with Crippen molar-refractivity contribution in [2.45, 2.75) is 77.2 Å². The quantitative estimate of drug-likeness (QED) is 0.757. The highest BCUT2D eigenvalue weighted by atomic mass is 16.5. The third-order valence-corrected chi connectivity index (χ3v) is 7.06. The van der Waals surface area contributed by atoms with E-state index in [-0.39, 0.29) is 0 Å². The summed E-state index contributed by atoms with van der Waals surface area (Å²) in [7, 11) is 0. The Bertz CT molecular complexity index is 578. The van der Waals surface area contributed by atoms with Crippen LogP contribution in [-0.2, 0) is 4.74 Å². The summed E-state index contributed by atoms with van der Waals surface area (Å²) in [5.74, 6) is 2.88. The first kappa shape index (κ1) is 18.4. The van der Waals surface area contributed by atoms with Crippen LogP contribution >= 0.6 is 0 Å². The van der Waals surface area contributed by atoms with Crippen LogP contribution in [0.25, 0.3) is 0 Å². The van der Waals surface area contributed by atoms with Crippen LogP contribution in [0.2, 0.25) is 0 Å².